The predicted octanol–water partition coefficient (Wildman–Crippen LogP) is 2.34. The Bertz CT molecular complexity index is 242. The van der Waals surface area contributed by atoms with Gasteiger partial charge in [-0.15, -0.1) is 10.2 Å². The van der Waals surface area contributed by atoms with Crippen molar-refractivity contribution in [1.29, 1.82) is 0 Å². The van der Waals surface area contributed by atoms with Gasteiger partial charge in [0.15, 0.2) is 10.3 Å². The Morgan fingerprint density at radius 1 is 1.09 bits per heavy atom. The lowest BCUT2D eigenvalue weighted by atomic mass is 10.1. The molecule has 11 heavy (non-hydrogen) atoms. The first kappa shape index (κ1) is 8.81. The molecule has 0 bridgehead atoms. The highest BCUT2D eigenvalue weighted by atomic mass is 35.5. The lowest BCUT2D eigenvalue weighted by molar-refractivity contribution is 0.312. The van der Waals surface area contributed by atoms with Crippen molar-refractivity contribution in [2.45, 2.75) is 26.3 Å². The summed E-state index contributed by atoms with van der Waals surface area (Å²) in [6, 6.07) is 0. The van der Waals surface area contributed by atoms with Crippen molar-refractivity contribution in [2.24, 2.45) is 0 Å². The molecule has 0 fully saturated rings. The molecule has 0 amide bonds. The maximum atomic E-state index is 5.61. The van der Waals surface area contributed by atoms with Crippen molar-refractivity contribution in [3.8, 4) is 0 Å². The minimum atomic E-state index is -0.170. The van der Waals surface area contributed by atoms with Crippen molar-refractivity contribution in [3.05, 3.63) is 10.3 Å². The van der Waals surface area contributed by atoms with E-state index in [2.05, 4.69) is 10.2 Å². The van der Waals surface area contributed by atoms with Gasteiger partial charge in [0.25, 0.3) is 0 Å². The number of nitrogens with zero attached hydrogens (tertiary/aromatic N) is 3. The summed E-state index contributed by atoms with van der Waals surface area (Å²) in [7, 11) is 0. The lowest BCUT2D eigenvalue weighted by Crippen LogP contribution is -2.24. The summed E-state index contributed by atoms with van der Waals surface area (Å²) in [4.78, 5) is 1.50. The molecule has 1 aromatic heterocycles. The van der Waals surface area contributed by atoms with Gasteiger partial charge in [-0.25, -0.2) is 0 Å². The van der Waals surface area contributed by atoms with Crippen LogP contribution in [-0.4, -0.2) is 15.0 Å². The van der Waals surface area contributed by atoms with E-state index in [0.717, 1.165) is 0 Å². The Labute approximate surface area is 75.3 Å². The number of aromatic nitrogens is 3. The zero-order chi connectivity index (χ0) is 8.65. The summed E-state index contributed by atoms with van der Waals surface area (Å²) >= 11 is 11.2. The molecule has 0 aliphatic heterocycles. The monoisotopic (exact) mass is 193 g/mol. The Balaban J connectivity index is 3.08. The highest BCUT2D eigenvalue weighted by Gasteiger charge is 2.17. The Hall–Kier alpha value is -0.280. The maximum Gasteiger partial charge on any atom is 0.190 e. The third kappa shape index (κ3) is 1.84. The van der Waals surface area contributed by atoms with Gasteiger partial charge in [0.2, 0.25) is 0 Å². The van der Waals surface area contributed by atoms with Crippen LogP contribution in [0.15, 0.2) is 0 Å². The summed E-state index contributed by atoms with van der Waals surface area (Å²) in [5, 5.41) is 8.34. The van der Waals surface area contributed by atoms with Crippen LogP contribution in [-0.2, 0) is 5.54 Å². The second-order valence-electron chi connectivity index (χ2n) is 3.24. The normalized spacial score (nSPS) is 12.1. The van der Waals surface area contributed by atoms with Gasteiger partial charge in [-0.3, -0.25) is 0 Å². The Morgan fingerprint density at radius 2 is 1.45 bits per heavy atom. The highest BCUT2D eigenvalue weighted by molar-refractivity contribution is 6.40. The Kier molecular flexibility index (Phi) is 2.12. The van der Waals surface area contributed by atoms with E-state index in [0.29, 0.717) is 0 Å². The molecule has 1 heterocycles. The molecular weight excluding hydrogens is 185 g/mol. The fraction of sp³-hybridized carbons (Fsp3) is 0.667. The van der Waals surface area contributed by atoms with Gasteiger partial charge in [-0.2, -0.15) is 4.80 Å². The van der Waals surface area contributed by atoms with Gasteiger partial charge < -0.3 is 0 Å². The first-order valence-corrected chi connectivity index (χ1v) is 3.95. The third-order valence-corrected chi connectivity index (χ3v) is 1.74. The van der Waals surface area contributed by atoms with E-state index in [4.69, 9.17) is 23.2 Å². The van der Waals surface area contributed by atoms with Crippen LogP contribution < -0.4 is 0 Å². The maximum absolute atomic E-state index is 5.61. The highest BCUT2D eigenvalue weighted by Crippen LogP contribution is 2.19. The molecule has 1 aromatic rings. The average Bonchev–Trinajstić information content (AvgIpc) is 2.11. The van der Waals surface area contributed by atoms with Crippen LogP contribution in [0.4, 0.5) is 0 Å². The number of hydrogen-bond acceptors (Lipinski definition) is 2. The van der Waals surface area contributed by atoms with Crippen LogP contribution in [0.25, 0.3) is 0 Å². The van der Waals surface area contributed by atoms with Gasteiger partial charge in [0.1, 0.15) is 0 Å². The zero-order valence-corrected chi connectivity index (χ0v) is 8.11. The van der Waals surface area contributed by atoms with Crippen LogP contribution >= 0.6 is 23.2 Å². The molecule has 0 spiro atoms. The molecule has 0 aromatic carbocycles. The largest absolute Gasteiger partial charge is 0.190 e. The molecule has 0 radical (unpaired) electrons. The molecule has 0 saturated heterocycles. The summed E-state index contributed by atoms with van der Waals surface area (Å²) < 4.78 is 0. The topological polar surface area (TPSA) is 30.7 Å². The number of hydrogen-bond donors (Lipinski definition) is 0. The SMILES string of the molecule is CC(C)(C)n1nc(Cl)c(Cl)n1. The molecular formula is C6H9Cl2N3. The molecule has 3 nitrogen and oxygen atoms in total. The van der Waals surface area contributed by atoms with Crippen molar-refractivity contribution >= 4 is 23.2 Å². The first-order valence-electron chi connectivity index (χ1n) is 3.20. The summed E-state index contributed by atoms with van der Waals surface area (Å²) in [6.45, 7) is 5.92. The molecule has 0 unspecified atom stereocenters. The smallest absolute Gasteiger partial charge is 0.177 e. The van der Waals surface area contributed by atoms with E-state index in [-0.39, 0.29) is 15.8 Å². The second-order valence-corrected chi connectivity index (χ2v) is 3.96. The summed E-state index contributed by atoms with van der Waals surface area (Å²) in [5.74, 6) is 0. The molecule has 5 heteroatoms. The average molecular weight is 194 g/mol. The minimum absolute atomic E-state index is 0.170. The predicted molar refractivity (Wildman–Crippen MR) is 45.0 cm³/mol. The van der Waals surface area contributed by atoms with Gasteiger partial charge in [0, 0.05) is 0 Å². The van der Waals surface area contributed by atoms with Crippen molar-refractivity contribution in [3.63, 3.8) is 0 Å². The minimum Gasteiger partial charge on any atom is -0.177 e. The van der Waals surface area contributed by atoms with E-state index in [1.807, 2.05) is 20.8 Å². The van der Waals surface area contributed by atoms with Gasteiger partial charge in [-0.05, 0) is 20.8 Å². The number of halogens is 2. The molecule has 0 N–H and O–H groups in total. The molecule has 62 valence electrons. The zero-order valence-electron chi connectivity index (χ0n) is 6.60. The van der Waals surface area contributed by atoms with E-state index in [1.165, 1.54) is 4.80 Å². The molecule has 0 saturated carbocycles. The van der Waals surface area contributed by atoms with E-state index >= 15 is 0 Å². The molecule has 0 atom stereocenters. The molecule has 0 aliphatic rings. The van der Waals surface area contributed by atoms with Crippen molar-refractivity contribution < 1.29 is 0 Å². The van der Waals surface area contributed by atoms with Crippen LogP contribution in [0.5, 0.6) is 0 Å². The summed E-state index contributed by atoms with van der Waals surface area (Å²) in [5.41, 5.74) is -0.170. The second kappa shape index (κ2) is 2.64. The molecule has 0 aliphatic carbocycles. The van der Waals surface area contributed by atoms with E-state index in [9.17, 15) is 0 Å². The quantitative estimate of drug-likeness (QED) is 0.634. The van der Waals surface area contributed by atoms with Crippen LogP contribution in [0, 0.1) is 0 Å². The lowest BCUT2D eigenvalue weighted by Gasteiger charge is -2.16. The van der Waals surface area contributed by atoms with Crippen LogP contribution in [0.1, 0.15) is 20.8 Å². The first-order chi connectivity index (χ1) is 4.91. The van der Waals surface area contributed by atoms with Crippen molar-refractivity contribution in [2.75, 3.05) is 0 Å². The Morgan fingerprint density at radius 3 is 1.64 bits per heavy atom. The fourth-order valence-corrected chi connectivity index (χ4v) is 0.790. The number of rotatable bonds is 0. The molecule has 1 rings (SSSR count). The van der Waals surface area contributed by atoms with E-state index < -0.39 is 0 Å². The third-order valence-electron chi connectivity index (χ3n) is 1.14. The fourth-order valence-electron chi connectivity index (χ4n) is 0.571. The van der Waals surface area contributed by atoms with E-state index in [1.54, 1.807) is 0 Å². The van der Waals surface area contributed by atoms with Crippen LogP contribution in [0.2, 0.25) is 10.3 Å². The van der Waals surface area contributed by atoms with Crippen molar-refractivity contribution in [1.82, 2.24) is 15.0 Å². The van der Waals surface area contributed by atoms with Gasteiger partial charge in [0.05, 0.1) is 5.54 Å². The van der Waals surface area contributed by atoms with Gasteiger partial charge in [-0.1, -0.05) is 23.2 Å². The standard InChI is InChI=1S/C6H9Cl2N3/c1-6(2,3)11-9-4(7)5(8)10-11/h1-3H3. The van der Waals surface area contributed by atoms with Gasteiger partial charge >= 0.3 is 0 Å². The summed E-state index contributed by atoms with van der Waals surface area (Å²) in [6.07, 6.45) is 0. The van der Waals surface area contributed by atoms with Crippen LogP contribution in [0.3, 0.4) is 0 Å².